The van der Waals surface area contributed by atoms with Gasteiger partial charge in [0.05, 0.1) is 25.4 Å². The van der Waals surface area contributed by atoms with Crippen molar-refractivity contribution in [3.8, 4) is 5.75 Å². The van der Waals surface area contributed by atoms with E-state index in [4.69, 9.17) is 9.84 Å². The summed E-state index contributed by atoms with van der Waals surface area (Å²) in [5, 5.41) is 9.00. The lowest BCUT2D eigenvalue weighted by atomic mass is 10.3. The summed E-state index contributed by atoms with van der Waals surface area (Å²) in [6.45, 7) is 2.08. The SMILES string of the molecule is CCCc1ncc(CC(=O)O)n1Sc1ccc(OC)cc1. The molecular formula is C15H18N2O3S. The highest BCUT2D eigenvalue weighted by atomic mass is 32.2. The van der Waals surface area contributed by atoms with Crippen LogP contribution in [-0.2, 0) is 17.6 Å². The second-order valence-electron chi connectivity index (χ2n) is 4.55. The number of imidazole rings is 1. The highest BCUT2D eigenvalue weighted by Crippen LogP contribution is 2.26. The largest absolute Gasteiger partial charge is 0.497 e. The number of benzene rings is 1. The predicted molar refractivity (Wildman–Crippen MR) is 81.8 cm³/mol. The standard InChI is InChI=1S/C15H18N2O3S/c1-3-4-14-16-10-11(9-15(18)19)17(14)21-13-7-5-12(20-2)6-8-13/h5-8,10H,3-4,9H2,1-2H3,(H,18,19). The number of hydrogen-bond donors (Lipinski definition) is 1. The number of methoxy groups -OCH3 is 1. The minimum Gasteiger partial charge on any atom is -0.497 e. The second kappa shape index (κ2) is 7.17. The van der Waals surface area contributed by atoms with Crippen LogP contribution in [0.2, 0.25) is 0 Å². The van der Waals surface area contributed by atoms with Crippen molar-refractivity contribution < 1.29 is 14.6 Å². The maximum Gasteiger partial charge on any atom is 0.309 e. The molecule has 2 rings (SSSR count). The molecule has 112 valence electrons. The summed E-state index contributed by atoms with van der Waals surface area (Å²) < 4.78 is 7.05. The van der Waals surface area contributed by atoms with Crippen LogP contribution in [0.25, 0.3) is 0 Å². The maximum atomic E-state index is 11.0. The van der Waals surface area contributed by atoms with Crippen LogP contribution < -0.4 is 4.74 Å². The second-order valence-corrected chi connectivity index (χ2v) is 5.57. The van der Waals surface area contributed by atoms with Crippen molar-refractivity contribution in [3.63, 3.8) is 0 Å². The van der Waals surface area contributed by atoms with Crippen molar-refractivity contribution in [2.45, 2.75) is 31.1 Å². The van der Waals surface area contributed by atoms with E-state index in [1.807, 2.05) is 28.2 Å². The highest BCUT2D eigenvalue weighted by Gasteiger charge is 2.13. The Bertz CT molecular complexity index is 608. The summed E-state index contributed by atoms with van der Waals surface area (Å²) in [7, 11) is 1.63. The van der Waals surface area contributed by atoms with Crippen LogP contribution in [0.15, 0.2) is 35.4 Å². The zero-order chi connectivity index (χ0) is 15.2. The Morgan fingerprint density at radius 3 is 2.67 bits per heavy atom. The lowest BCUT2D eigenvalue weighted by Crippen LogP contribution is -2.06. The van der Waals surface area contributed by atoms with Crippen molar-refractivity contribution in [1.29, 1.82) is 0 Å². The summed E-state index contributed by atoms with van der Waals surface area (Å²) >= 11 is 1.48. The molecule has 0 aliphatic heterocycles. The average molecular weight is 306 g/mol. The van der Waals surface area contributed by atoms with Crippen LogP contribution in [0, 0.1) is 0 Å². The van der Waals surface area contributed by atoms with E-state index in [0.717, 1.165) is 29.3 Å². The molecule has 0 aliphatic rings. The molecule has 0 saturated carbocycles. The molecule has 1 N–H and O–H groups in total. The maximum absolute atomic E-state index is 11.0. The first-order valence-corrected chi connectivity index (χ1v) is 7.51. The van der Waals surface area contributed by atoms with E-state index in [2.05, 4.69) is 11.9 Å². The summed E-state index contributed by atoms with van der Waals surface area (Å²) in [5.74, 6) is 0.841. The van der Waals surface area contributed by atoms with Crippen molar-refractivity contribution in [1.82, 2.24) is 8.96 Å². The van der Waals surface area contributed by atoms with Gasteiger partial charge < -0.3 is 9.84 Å². The Balaban J connectivity index is 2.26. The molecule has 0 unspecified atom stereocenters. The third kappa shape index (κ3) is 4.01. The fraction of sp³-hybridized carbons (Fsp3) is 0.333. The molecule has 5 nitrogen and oxygen atoms in total. The first-order valence-electron chi connectivity index (χ1n) is 6.73. The lowest BCUT2D eigenvalue weighted by molar-refractivity contribution is -0.136. The normalized spacial score (nSPS) is 10.6. The average Bonchev–Trinajstić information content (AvgIpc) is 2.82. The summed E-state index contributed by atoms with van der Waals surface area (Å²) in [6, 6.07) is 7.67. The van der Waals surface area contributed by atoms with E-state index in [0.29, 0.717) is 5.69 Å². The molecule has 0 radical (unpaired) electrons. The number of aromatic nitrogens is 2. The van der Waals surface area contributed by atoms with Crippen molar-refractivity contribution >= 4 is 17.9 Å². The van der Waals surface area contributed by atoms with E-state index in [1.54, 1.807) is 13.3 Å². The number of ether oxygens (including phenoxy) is 1. The first kappa shape index (κ1) is 15.4. The zero-order valence-electron chi connectivity index (χ0n) is 12.1. The molecule has 0 spiro atoms. The van der Waals surface area contributed by atoms with E-state index >= 15 is 0 Å². The van der Waals surface area contributed by atoms with E-state index in [1.165, 1.54) is 11.9 Å². The number of carboxylic acid groups (broad SMARTS) is 1. The van der Waals surface area contributed by atoms with E-state index in [9.17, 15) is 4.79 Å². The number of rotatable bonds is 7. The fourth-order valence-corrected chi connectivity index (χ4v) is 2.88. The molecule has 6 heteroatoms. The van der Waals surface area contributed by atoms with Gasteiger partial charge in [-0.3, -0.25) is 8.77 Å². The number of carboxylic acids is 1. The molecule has 1 aromatic carbocycles. The molecule has 1 heterocycles. The Labute approximate surface area is 128 Å². The lowest BCUT2D eigenvalue weighted by Gasteiger charge is -2.10. The smallest absolute Gasteiger partial charge is 0.309 e. The Morgan fingerprint density at radius 2 is 2.10 bits per heavy atom. The van der Waals surface area contributed by atoms with Gasteiger partial charge in [-0.2, -0.15) is 0 Å². The van der Waals surface area contributed by atoms with Crippen LogP contribution in [0.1, 0.15) is 24.9 Å². The minimum atomic E-state index is -0.852. The Morgan fingerprint density at radius 1 is 1.38 bits per heavy atom. The molecule has 0 amide bonds. The van der Waals surface area contributed by atoms with Gasteiger partial charge in [-0.05, 0) is 42.6 Å². The molecule has 0 atom stereocenters. The predicted octanol–water partition coefficient (Wildman–Crippen LogP) is 3.03. The van der Waals surface area contributed by atoms with Gasteiger partial charge in [-0.25, -0.2) is 4.98 Å². The van der Waals surface area contributed by atoms with Crippen molar-refractivity contribution in [2.24, 2.45) is 0 Å². The summed E-state index contributed by atoms with van der Waals surface area (Å²) in [5.41, 5.74) is 0.701. The van der Waals surface area contributed by atoms with Gasteiger partial charge in [0.2, 0.25) is 0 Å². The molecule has 0 aliphatic carbocycles. The molecule has 0 fully saturated rings. The van der Waals surface area contributed by atoms with Crippen LogP contribution >= 0.6 is 11.9 Å². The summed E-state index contributed by atoms with van der Waals surface area (Å²) in [6.07, 6.45) is 3.41. The molecular weight excluding hydrogens is 288 g/mol. The minimum absolute atomic E-state index is 0.0279. The molecule has 0 saturated heterocycles. The third-order valence-electron chi connectivity index (χ3n) is 2.92. The number of hydrogen-bond acceptors (Lipinski definition) is 4. The first-order chi connectivity index (χ1) is 10.1. The monoisotopic (exact) mass is 306 g/mol. The van der Waals surface area contributed by atoms with Crippen LogP contribution in [0.4, 0.5) is 0 Å². The van der Waals surface area contributed by atoms with Gasteiger partial charge >= 0.3 is 5.97 Å². The number of nitrogens with zero attached hydrogens (tertiary/aromatic N) is 2. The van der Waals surface area contributed by atoms with Crippen LogP contribution in [0.3, 0.4) is 0 Å². The summed E-state index contributed by atoms with van der Waals surface area (Å²) in [4.78, 5) is 16.3. The number of aliphatic carboxylic acids is 1. The van der Waals surface area contributed by atoms with Crippen LogP contribution in [-0.4, -0.2) is 27.1 Å². The fourth-order valence-electron chi connectivity index (χ4n) is 1.94. The van der Waals surface area contributed by atoms with Crippen LogP contribution in [0.5, 0.6) is 5.75 Å². The quantitative estimate of drug-likeness (QED) is 0.852. The van der Waals surface area contributed by atoms with Crippen molar-refractivity contribution in [3.05, 3.63) is 42.0 Å². The van der Waals surface area contributed by atoms with Crippen molar-refractivity contribution in [2.75, 3.05) is 7.11 Å². The van der Waals surface area contributed by atoms with Gasteiger partial charge in [0.25, 0.3) is 0 Å². The molecule has 0 bridgehead atoms. The topological polar surface area (TPSA) is 64.3 Å². The zero-order valence-corrected chi connectivity index (χ0v) is 12.9. The van der Waals surface area contributed by atoms with Gasteiger partial charge in [0.15, 0.2) is 0 Å². The van der Waals surface area contributed by atoms with Gasteiger partial charge in [-0.1, -0.05) is 6.92 Å². The van der Waals surface area contributed by atoms with Gasteiger partial charge in [-0.15, -0.1) is 0 Å². The van der Waals surface area contributed by atoms with Gasteiger partial charge in [0.1, 0.15) is 11.6 Å². The molecule has 1 aromatic heterocycles. The highest BCUT2D eigenvalue weighted by molar-refractivity contribution is 7.97. The van der Waals surface area contributed by atoms with E-state index in [-0.39, 0.29) is 6.42 Å². The molecule has 21 heavy (non-hydrogen) atoms. The number of carbonyl (C=O) groups is 1. The molecule has 2 aromatic rings. The number of aryl methyl sites for hydroxylation is 1. The third-order valence-corrected chi connectivity index (χ3v) is 4.03. The van der Waals surface area contributed by atoms with Gasteiger partial charge in [0, 0.05) is 11.3 Å². The van der Waals surface area contributed by atoms with E-state index < -0.39 is 5.97 Å². The Kier molecular flexibility index (Phi) is 5.27. The Hall–Kier alpha value is -1.95.